The van der Waals surface area contributed by atoms with Gasteiger partial charge in [-0.3, -0.25) is 4.79 Å². The van der Waals surface area contributed by atoms with Gasteiger partial charge in [0.25, 0.3) is 0 Å². The summed E-state index contributed by atoms with van der Waals surface area (Å²) in [6.45, 7) is 3.74. The lowest BCUT2D eigenvalue weighted by Crippen LogP contribution is -2.60. The number of carbonyl (C=O) groups excluding carboxylic acids is 1. The highest BCUT2D eigenvalue weighted by Crippen LogP contribution is 2.23. The first kappa shape index (κ1) is 57.4. The molecule has 6 N–H and O–H groups in total. The zero-order valence-electron chi connectivity index (χ0n) is 39.4. The van der Waals surface area contributed by atoms with Gasteiger partial charge in [0.05, 0.1) is 25.4 Å². The van der Waals surface area contributed by atoms with Crippen molar-refractivity contribution in [1.29, 1.82) is 0 Å². The topological polar surface area (TPSA) is 149 Å². The molecule has 0 aromatic heterocycles. The molecule has 0 aliphatic carbocycles. The summed E-state index contributed by atoms with van der Waals surface area (Å²) in [6, 6.07) is -0.824. The van der Waals surface area contributed by atoms with Crippen LogP contribution >= 0.6 is 0 Å². The van der Waals surface area contributed by atoms with E-state index < -0.39 is 49.5 Å². The molecule has 1 amide bonds. The third-order valence-corrected chi connectivity index (χ3v) is 12.2. The molecule has 1 fully saturated rings. The van der Waals surface area contributed by atoms with E-state index in [1.54, 1.807) is 6.08 Å². The molecule has 0 spiro atoms. The van der Waals surface area contributed by atoms with Gasteiger partial charge in [0.2, 0.25) is 5.91 Å². The number of rotatable bonds is 43. The molecular formula is C52H97NO8. The summed E-state index contributed by atoms with van der Waals surface area (Å²) in [5.41, 5.74) is 0. The number of hydrogen-bond donors (Lipinski definition) is 6. The number of carbonyl (C=O) groups is 1. The Kier molecular flexibility index (Phi) is 39.9. The summed E-state index contributed by atoms with van der Waals surface area (Å²) in [5.74, 6) is -0.188. The Hall–Kier alpha value is -1.59. The minimum atomic E-state index is -1.57. The minimum Gasteiger partial charge on any atom is -0.394 e. The van der Waals surface area contributed by atoms with E-state index in [9.17, 15) is 30.3 Å². The Labute approximate surface area is 374 Å². The van der Waals surface area contributed by atoms with Crippen molar-refractivity contribution in [3.8, 4) is 0 Å². The molecule has 1 heterocycles. The molecule has 0 radical (unpaired) electrons. The van der Waals surface area contributed by atoms with Crippen molar-refractivity contribution in [3.05, 3.63) is 36.5 Å². The van der Waals surface area contributed by atoms with Crippen LogP contribution in [0.3, 0.4) is 0 Å². The highest BCUT2D eigenvalue weighted by atomic mass is 16.7. The monoisotopic (exact) mass is 864 g/mol. The molecule has 0 saturated carbocycles. The molecule has 9 heteroatoms. The quantitative estimate of drug-likeness (QED) is 0.0262. The maximum atomic E-state index is 13.0. The second-order valence-electron chi connectivity index (χ2n) is 18.0. The van der Waals surface area contributed by atoms with Crippen molar-refractivity contribution in [2.75, 3.05) is 13.2 Å². The molecule has 0 aromatic carbocycles. The molecule has 9 nitrogen and oxygen atoms in total. The van der Waals surface area contributed by atoms with Crippen LogP contribution in [0.15, 0.2) is 36.5 Å². The fourth-order valence-corrected chi connectivity index (χ4v) is 8.07. The summed E-state index contributed by atoms with van der Waals surface area (Å²) < 4.78 is 11.2. The smallest absolute Gasteiger partial charge is 0.220 e. The van der Waals surface area contributed by atoms with Gasteiger partial charge in [-0.1, -0.05) is 217 Å². The zero-order valence-corrected chi connectivity index (χ0v) is 39.4. The maximum Gasteiger partial charge on any atom is 0.220 e. The van der Waals surface area contributed by atoms with Crippen molar-refractivity contribution in [1.82, 2.24) is 5.32 Å². The lowest BCUT2D eigenvalue weighted by Gasteiger charge is -2.40. The van der Waals surface area contributed by atoms with E-state index in [4.69, 9.17) is 9.47 Å². The second-order valence-corrected chi connectivity index (χ2v) is 18.0. The molecule has 1 aliphatic heterocycles. The van der Waals surface area contributed by atoms with Crippen LogP contribution in [-0.4, -0.2) is 87.5 Å². The Bertz CT molecular complexity index is 1050. The van der Waals surface area contributed by atoms with Gasteiger partial charge >= 0.3 is 0 Å². The van der Waals surface area contributed by atoms with Crippen LogP contribution in [0.2, 0.25) is 0 Å². The van der Waals surface area contributed by atoms with Gasteiger partial charge in [-0.25, -0.2) is 0 Å². The van der Waals surface area contributed by atoms with Crippen molar-refractivity contribution in [2.45, 2.75) is 275 Å². The number of nitrogens with one attached hydrogen (secondary N) is 1. The number of amides is 1. The fourth-order valence-electron chi connectivity index (χ4n) is 8.07. The van der Waals surface area contributed by atoms with Gasteiger partial charge in [0.15, 0.2) is 6.29 Å². The van der Waals surface area contributed by atoms with Crippen LogP contribution < -0.4 is 5.32 Å². The number of ether oxygens (including phenoxy) is 2. The van der Waals surface area contributed by atoms with Crippen molar-refractivity contribution in [3.63, 3.8) is 0 Å². The van der Waals surface area contributed by atoms with Crippen LogP contribution in [0, 0.1) is 0 Å². The van der Waals surface area contributed by atoms with Crippen LogP contribution in [0.25, 0.3) is 0 Å². The summed E-state index contributed by atoms with van der Waals surface area (Å²) in [4.78, 5) is 13.0. The summed E-state index contributed by atoms with van der Waals surface area (Å²) >= 11 is 0. The molecule has 61 heavy (non-hydrogen) atoms. The Morgan fingerprint density at radius 2 is 0.934 bits per heavy atom. The number of hydrogen-bond acceptors (Lipinski definition) is 8. The summed E-state index contributed by atoms with van der Waals surface area (Å²) in [7, 11) is 0. The summed E-state index contributed by atoms with van der Waals surface area (Å²) in [6.07, 6.45) is 46.3. The zero-order chi connectivity index (χ0) is 44.4. The summed E-state index contributed by atoms with van der Waals surface area (Å²) in [5, 5.41) is 54.2. The average molecular weight is 864 g/mol. The van der Waals surface area contributed by atoms with Crippen molar-refractivity contribution >= 4 is 5.91 Å². The molecule has 7 atom stereocenters. The number of aliphatic hydroxyl groups is 5. The molecule has 358 valence electrons. The molecule has 1 rings (SSSR count). The molecular weight excluding hydrogens is 767 g/mol. The van der Waals surface area contributed by atoms with Gasteiger partial charge in [-0.15, -0.1) is 0 Å². The Morgan fingerprint density at radius 1 is 0.541 bits per heavy atom. The first-order valence-electron chi connectivity index (χ1n) is 25.7. The van der Waals surface area contributed by atoms with E-state index in [-0.39, 0.29) is 12.5 Å². The lowest BCUT2D eigenvalue weighted by molar-refractivity contribution is -0.302. The Balaban J connectivity index is 2.26. The maximum absolute atomic E-state index is 13.0. The fraction of sp³-hybridized carbons (Fsp3) is 0.865. The van der Waals surface area contributed by atoms with E-state index >= 15 is 0 Å². The third-order valence-electron chi connectivity index (χ3n) is 12.2. The van der Waals surface area contributed by atoms with E-state index in [1.807, 2.05) is 6.08 Å². The second kappa shape index (κ2) is 42.4. The number of allylic oxidation sites excluding steroid dienone is 5. The molecule has 1 aliphatic rings. The van der Waals surface area contributed by atoms with Crippen molar-refractivity contribution < 1.29 is 39.8 Å². The lowest BCUT2D eigenvalue weighted by atomic mass is 9.99. The normalized spacial score (nSPS) is 20.7. The third kappa shape index (κ3) is 32.7. The van der Waals surface area contributed by atoms with Crippen LogP contribution in [0.5, 0.6) is 0 Å². The highest BCUT2D eigenvalue weighted by molar-refractivity contribution is 5.76. The van der Waals surface area contributed by atoms with Gasteiger partial charge in [-0.2, -0.15) is 0 Å². The molecule has 0 aromatic rings. The van der Waals surface area contributed by atoms with Crippen LogP contribution in [0.1, 0.15) is 232 Å². The van der Waals surface area contributed by atoms with Crippen molar-refractivity contribution in [2.24, 2.45) is 0 Å². The van der Waals surface area contributed by atoms with Gasteiger partial charge in [0.1, 0.15) is 24.4 Å². The van der Waals surface area contributed by atoms with E-state index in [2.05, 4.69) is 43.5 Å². The highest BCUT2D eigenvalue weighted by Gasteiger charge is 2.44. The SMILES string of the molecule is CCCCCC/C=C/CC/C=C/CC/C=C/C(O)C(COC1OC(CO)C(O)C(O)C1O)NC(=O)CCCCCCCCCCCCCCCCCCCCCCCCCC. The van der Waals surface area contributed by atoms with Gasteiger partial charge in [0, 0.05) is 6.42 Å². The van der Waals surface area contributed by atoms with E-state index in [0.717, 1.165) is 51.4 Å². The Morgan fingerprint density at radius 3 is 1.38 bits per heavy atom. The van der Waals surface area contributed by atoms with E-state index in [1.165, 1.54) is 161 Å². The number of aliphatic hydroxyl groups excluding tert-OH is 5. The largest absolute Gasteiger partial charge is 0.394 e. The standard InChI is InChI=1S/C52H97NO8/c1-3-5-7-9-11-13-15-17-19-20-21-22-23-24-25-26-27-28-30-32-34-36-38-40-42-48(56)53-45(44-60-52-51(59)50(58)49(57)47(43-54)61-52)46(55)41-39-37-35-33-31-29-18-16-14-12-10-8-6-4-2/h14,16,31,33,39,41,45-47,49-52,54-55,57-59H,3-13,15,17-30,32,34-38,40,42-44H2,1-2H3,(H,53,56)/b16-14+,33-31+,41-39+. The van der Waals surface area contributed by atoms with E-state index in [0.29, 0.717) is 6.42 Å². The predicted molar refractivity (Wildman–Crippen MR) is 253 cm³/mol. The first-order valence-corrected chi connectivity index (χ1v) is 25.7. The average Bonchev–Trinajstić information content (AvgIpc) is 3.26. The van der Waals surface area contributed by atoms with Crippen LogP contribution in [0.4, 0.5) is 0 Å². The first-order chi connectivity index (χ1) is 29.8. The molecule has 0 bridgehead atoms. The predicted octanol–water partition coefficient (Wildman–Crippen LogP) is 11.6. The van der Waals surface area contributed by atoms with Gasteiger partial charge in [-0.05, 0) is 44.9 Å². The minimum absolute atomic E-state index is 0.188. The van der Waals surface area contributed by atoms with Crippen LogP contribution in [-0.2, 0) is 14.3 Å². The molecule has 1 saturated heterocycles. The number of unbranched alkanes of at least 4 members (excludes halogenated alkanes) is 29. The van der Waals surface area contributed by atoms with Gasteiger partial charge < -0.3 is 40.3 Å². The molecule has 7 unspecified atom stereocenters.